The molecule has 4 atom stereocenters. The van der Waals surface area contributed by atoms with Crippen molar-refractivity contribution >= 4 is 0 Å². The molecule has 15 heavy (non-hydrogen) atoms. The van der Waals surface area contributed by atoms with E-state index >= 15 is 0 Å². The van der Waals surface area contributed by atoms with Gasteiger partial charge in [0, 0.05) is 6.04 Å². The first-order chi connectivity index (χ1) is 7.29. The fourth-order valence-electron chi connectivity index (χ4n) is 3.69. The molecular weight excluding hydrogens is 182 g/mol. The highest BCUT2D eigenvalue weighted by Crippen LogP contribution is 2.49. The van der Waals surface area contributed by atoms with Gasteiger partial charge in [0.1, 0.15) is 0 Å². The molecule has 0 aromatic heterocycles. The second-order valence-electron chi connectivity index (χ2n) is 5.87. The van der Waals surface area contributed by atoms with Gasteiger partial charge in [-0.2, -0.15) is 0 Å². The molecule has 1 nitrogen and oxygen atoms in total. The molecule has 2 bridgehead atoms. The molecule has 2 aliphatic rings. The van der Waals surface area contributed by atoms with E-state index in [-0.39, 0.29) is 0 Å². The fraction of sp³-hybridized carbons (Fsp3) is 1.00. The normalized spacial score (nSPS) is 36.0. The molecule has 1 heteroatoms. The standard InChI is InChI=1S/C14H27N/c1-3-8-15-11(2)4-6-13-9-12-5-7-14(13)10-12/h11-15H,3-10H2,1-2H3. The minimum atomic E-state index is 0.740. The lowest BCUT2D eigenvalue weighted by Crippen LogP contribution is -2.27. The minimum absolute atomic E-state index is 0.740. The van der Waals surface area contributed by atoms with Crippen LogP contribution in [0.3, 0.4) is 0 Å². The molecule has 0 radical (unpaired) electrons. The van der Waals surface area contributed by atoms with Gasteiger partial charge in [0.25, 0.3) is 0 Å². The van der Waals surface area contributed by atoms with Crippen LogP contribution in [0.1, 0.15) is 58.8 Å². The van der Waals surface area contributed by atoms with E-state index in [0.717, 1.165) is 23.8 Å². The SMILES string of the molecule is CCCNC(C)CCC1CC2CCC1C2. The summed E-state index contributed by atoms with van der Waals surface area (Å²) in [6, 6.07) is 0.740. The number of fused-ring (bicyclic) bond motifs is 2. The highest BCUT2D eigenvalue weighted by molar-refractivity contribution is 4.90. The summed E-state index contributed by atoms with van der Waals surface area (Å²) in [5, 5.41) is 3.60. The van der Waals surface area contributed by atoms with Gasteiger partial charge >= 0.3 is 0 Å². The Labute approximate surface area is 95.0 Å². The second-order valence-corrected chi connectivity index (χ2v) is 5.87. The van der Waals surface area contributed by atoms with Gasteiger partial charge in [0.15, 0.2) is 0 Å². The molecule has 2 rings (SSSR count). The topological polar surface area (TPSA) is 12.0 Å². The van der Waals surface area contributed by atoms with Crippen molar-refractivity contribution in [1.82, 2.24) is 5.32 Å². The number of rotatable bonds is 6. The molecule has 0 aromatic carbocycles. The van der Waals surface area contributed by atoms with Gasteiger partial charge in [0.05, 0.1) is 0 Å². The third kappa shape index (κ3) is 2.96. The lowest BCUT2D eigenvalue weighted by atomic mass is 9.85. The Hall–Kier alpha value is -0.0400. The maximum Gasteiger partial charge on any atom is 0.00388 e. The van der Waals surface area contributed by atoms with Gasteiger partial charge in [-0.15, -0.1) is 0 Å². The maximum atomic E-state index is 3.60. The summed E-state index contributed by atoms with van der Waals surface area (Å²) < 4.78 is 0. The molecule has 0 aliphatic heterocycles. The predicted molar refractivity (Wildman–Crippen MR) is 65.9 cm³/mol. The van der Waals surface area contributed by atoms with Gasteiger partial charge in [-0.1, -0.05) is 13.3 Å². The van der Waals surface area contributed by atoms with Crippen LogP contribution in [0.5, 0.6) is 0 Å². The van der Waals surface area contributed by atoms with Crippen molar-refractivity contribution in [2.24, 2.45) is 17.8 Å². The van der Waals surface area contributed by atoms with E-state index in [1.165, 1.54) is 25.8 Å². The summed E-state index contributed by atoms with van der Waals surface area (Å²) >= 11 is 0. The Balaban J connectivity index is 1.61. The van der Waals surface area contributed by atoms with Crippen molar-refractivity contribution in [2.45, 2.75) is 64.8 Å². The summed E-state index contributed by atoms with van der Waals surface area (Å²) in [7, 11) is 0. The van der Waals surface area contributed by atoms with Crippen LogP contribution < -0.4 is 5.32 Å². The Morgan fingerprint density at radius 1 is 1.27 bits per heavy atom. The molecule has 1 N–H and O–H groups in total. The van der Waals surface area contributed by atoms with E-state index in [1.54, 1.807) is 25.7 Å². The predicted octanol–water partition coefficient (Wildman–Crippen LogP) is 3.59. The van der Waals surface area contributed by atoms with Crippen LogP contribution >= 0.6 is 0 Å². The quantitative estimate of drug-likeness (QED) is 0.705. The summed E-state index contributed by atoms with van der Waals surface area (Å²) in [5.41, 5.74) is 0. The van der Waals surface area contributed by atoms with Crippen LogP contribution in [0.15, 0.2) is 0 Å². The molecule has 2 aliphatic carbocycles. The summed E-state index contributed by atoms with van der Waals surface area (Å²) in [4.78, 5) is 0. The van der Waals surface area contributed by atoms with Crippen LogP contribution in [0, 0.1) is 17.8 Å². The van der Waals surface area contributed by atoms with E-state index < -0.39 is 0 Å². The molecule has 0 heterocycles. The molecule has 4 unspecified atom stereocenters. The van der Waals surface area contributed by atoms with Crippen LogP contribution in [0.2, 0.25) is 0 Å². The third-order valence-electron chi connectivity index (χ3n) is 4.60. The maximum absolute atomic E-state index is 3.60. The first-order valence-electron chi connectivity index (χ1n) is 7.03. The van der Waals surface area contributed by atoms with E-state index in [0.29, 0.717) is 0 Å². The van der Waals surface area contributed by atoms with Gasteiger partial charge in [-0.25, -0.2) is 0 Å². The summed E-state index contributed by atoms with van der Waals surface area (Å²) in [6.45, 7) is 5.79. The average Bonchev–Trinajstić information content (AvgIpc) is 2.84. The molecule has 88 valence electrons. The van der Waals surface area contributed by atoms with Gasteiger partial charge < -0.3 is 5.32 Å². The zero-order valence-corrected chi connectivity index (χ0v) is 10.5. The third-order valence-corrected chi connectivity index (χ3v) is 4.60. The Kier molecular flexibility index (Phi) is 4.07. The van der Waals surface area contributed by atoms with E-state index in [9.17, 15) is 0 Å². The smallest absolute Gasteiger partial charge is 0.00388 e. The zero-order chi connectivity index (χ0) is 10.7. The van der Waals surface area contributed by atoms with Gasteiger partial charge in [0.2, 0.25) is 0 Å². The summed E-state index contributed by atoms with van der Waals surface area (Å²) in [6.07, 6.45) is 10.4. The lowest BCUT2D eigenvalue weighted by Gasteiger charge is -2.23. The van der Waals surface area contributed by atoms with Crippen molar-refractivity contribution in [3.63, 3.8) is 0 Å². The average molecular weight is 209 g/mol. The molecular formula is C14H27N. The summed E-state index contributed by atoms with van der Waals surface area (Å²) in [5.74, 6) is 3.34. The largest absolute Gasteiger partial charge is 0.314 e. The molecule has 0 saturated heterocycles. The monoisotopic (exact) mass is 209 g/mol. The molecule has 0 amide bonds. The number of nitrogens with one attached hydrogen (secondary N) is 1. The van der Waals surface area contributed by atoms with Crippen LogP contribution in [0.25, 0.3) is 0 Å². The van der Waals surface area contributed by atoms with Crippen LogP contribution in [0.4, 0.5) is 0 Å². The first-order valence-corrected chi connectivity index (χ1v) is 7.03. The van der Waals surface area contributed by atoms with E-state index in [2.05, 4.69) is 19.2 Å². The highest BCUT2D eigenvalue weighted by atomic mass is 14.9. The number of hydrogen-bond acceptors (Lipinski definition) is 1. The zero-order valence-electron chi connectivity index (χ0n) is 10.5. The fourth-order valence-corrected chi connectivity index (χ4v) is 3.69. The van der Waals surface area contributed by atoms with E-state index in [4.69, 9.17) is 0 Å². The molecule has 0 aromatic rings. The number of hydrogen-bond donors (Lipinski definition) is 1. The van der Waals surface area contributed by atoms with Gasteiger partial charge in [-0.3, -0.25) is 0 Å². The van der Waals surface area contributed by atoms with Crippen molar-refractivity contribution in [1.29, 1.82) is 0 Å². The Bertz CT molecular complexity index is 190. The minimum Gasteiger partial charge on any atom is -0.314 e. The van der Waals surface area contributed by atoms with Crippen molar-refractivity contribution in [3.8, 4) is 0 Å². The van der Waals surface area contributed by atoms with E-state index in [1.807, 2.05) is 0 Å². The Morgan fingerprint density at radius 2 is 2.13 bits per heavy atom. The van der Waals surface area contributed by atoms with Crippen molar-refractivity contribution in [3.05, 3.63) is 0 Å². The second kappa shape index (κ2) is 5.34. The molecule has 2 saturated carbocycles. The molecule has 2 fully saturated rings. The lowest BCUT2D eigenvalue weighted by molar-refractivity contribution is 0.295. The van der Waals surface area contributed by atoms with Gasteiger partial charge in [-0.05, 0) is 69.7 Å². The van der Waals surface area contributed by atoms with Crippen molar-refractivity contribution < 1.29 is 0 Å². The van der Waals surface area contributed by atoms with Crippen LogP contribution in [-0.4, -0.2) is 12.6 Å². The Morgan fingerprint density at radius 3 is 2.73 bits per heavy atom. The highest BCUT2D eigenvalue weighted by Gasteiger charge is 2.38. The van der Waals surface area contributed by atoms with Crippen LogP contribution in [-0.2, 0) is 0 Å². The first kappa shape index (κ1) is 11.4. The molecule has 0 spiro atoms. The van der Waals surface area contributed by atoms with Crippen molar-refractivity contribution in [2.75, 3.05) is 6.54 Å².